The standard InChI is InChI=1S/C26H38N2O6/c1-5-20(6-2)14-15-22(30)18-28-16-10-11-21(26(28)33)17-24(31)23(27-19(4)29)12-8-9-13-25(32)34-7-3/h9-11,13,16,20,23H,5-8,12,14-15,17-18H2,1-4H3,(H,27,29)/b13-9+/t23-/m0/s1. The highest BCUT2D eigenvalue weighted by Gasteiger charge is 2.21. The van der Waals surface area contributed by atoms with Gasteiger partial charge in [-0.1, -0.05) is 38.8 Å². The van der Waals surface area contributed by atoms with Crippen molar-refractivity contribution in [2.45, 2.75) is 85.2 Å². The van der Waals surface area contributed by atoms with E-state index in [9.17, 15) is 24.0 Å². The average Bonchev–Trinajstić information content (AvgIpc) is 2.79. The van der Waals surface area contributed by atoms with Gasteiger partial charge in [-0.2, -0.15) is 0 Å². The van der Waals surface area contributed by atoms with Crippen LogP contribution in [0, 0.1) is 5.92 Å². The first kappa shape index (κ1) is 29.0. The lowest BCUT2D eigenvalue weighted by Gasteiger charge is -2.16. The van der Waals surface area contributed by atoms with E-state index in [1.54, 1.807) is 31.3 Å². The molecular weight excluding hydrogens is 436 g/mol. The molecule has 1 N–H and O–H groups in total. The van der Waals surface area contributed by atoms with Crippen LogP contribution in [0.1, 0.15) is 71.8 Å². The van der Waals surface area contributed by atoms with Gasteiger partial charge in [0.15, 0.2) is 11.6 Å². The van der Waals surface area contributed by atoms with Gasteiger partial charge in [0.1, 0.15) is 0 Å². The molecule has 0 aliphatic heterocycles. The molecule has 188 valence electrons. The molecule has 0 saturated carbocycles. The number of carbonyl (C=O) groups is 4. The number of carbonyl (C=O) groups excluding carboxylic acids is 4. The number of esters is 1. The van der Waals surface area contributed by atoms with Crippen molar-refractivity contribution in [3.8, 4) is 0 Å². The lowest BCUT2D eigenvalue weighted by molar-refractivity contribution is -0.137. The van der Waals surface area contributed by atoms with Crippen LogP contribution in [0.2, 0.25) is 0 Å². The minimum atomic E-state index is -0.793. The Balaban J connectivity index is 2.81. The number of amides is 1. The Bertz CT molecular complexity index is 914. The molecule has 0 saturated heterocycles. The topological polar surface area (TPSA) is 112 Å². The molecule has 1 rings (SSSR count). The van der Waals surface area contributed by atoms with E-state index in [-0.39, 0.29) is 54.6 Å². The molecule has 8 heteroatoms. The third kappa shape index (κ3) is 10.7. The van der Waals surface area contributed by atoms with Crippen molar-refractivity contribution in [3.05, 3.63) is 46.4 Å². The van der Waals surface area contributed by atoms with Gasteiger partial charge in [0.2, 0.25) is 5.91 Å². The average molecular weight is 475 g/mol. The second kappa shape index (κ2) is 15.7. The van der Waals surface area contributed by atoms with Crippen molar-refractivity contribution in [3.63, 3.8) is 0 Å². The van der Waals surface area contributed by atoms with Gasteiger partial charge in [0, 0.05) is 37.6 Å². The summed E-state index contributed by atoms with van der Waals surface area (Å²) in [7, 11) is 0. The summed E-state index contributed by atoms with van der Waals surface area (Å²) in [5, 5.41) is 2.62. The van der Waals surface area contributed by atoms with Gasteiger partial charge in [-0.25, -0.2) is 4.79 Å². The maximum Gasteiger partial charge on any atom is 0.330 e. The maximum atomic E-state index is 12.9. The van der Waals surface area contributed by atoms with Crippen LogP contribution >= 0.6 is 0 Å². The highest BCUT2D eigenvalue weighted by molar-refractivity contribution is 5.90. The molecule has 0 aromatic carbocycles. The van der Waals surface area contributed by atoms with Crippen LogP contribution in [0.25, 0.3) is 0 Å². The largest absolute Gasteiger partial charge is 0.463 e. The Labute approximate surface area is 201 Å². The van der Waals surface area contributed by atoms with Gasteiger partial charge in [-0.05, 0) is 38.2 Å². The van der Waals surface area contributed by atoms with Gasteiger partial charge in [0.25, 0.3) is 5.56 Å². The summed E-state index contributed by atoms with van der Waals surface area (Å²) in [6.07, 6.45) is 8.20. The molecule has 0 unspecified atom stereocenters. The minimum Gasteiger partial charge on any atom is -0.463 e. The van der Waals surface area contributed by atoms with E-state index in [1.165, 1.54) is 17.6 Å². The van der Waals surface area contributed by atoms with Crippen LogP contribution in [0.4, 0.5) is 0 Å². The number of allylic oxidation sites excluding steroid dienone is 1. The second-order valence-corrected chi connectivity index (χ2v) is 8.35. The summed E-state index contributed by atoms with van der Waals surface area (Å²) in [4.78, 5) is 61.0. The molecule has 1 atom stereocenters. The Morgan fingerprint density at radius 3 is 2.44 bits per heavy atom. The summed E-state index contributed by atoms with van der Waals surface area (Å²) in [5.41, 5.74) is -0.103. The number of hydrogen-bond donors (Lipinski definition) is 1. The van der Waals surface area contributed by atoms with E-state index < -0.39 is 12.0 Å². The van der Waals surface area contributed by atoms with Crippen LogP contribution in [-0.2, 0) is 36.9 Å². The molecule has 1 aromatic heterocycles. The fourth-order valence-corrected chi connectivity index (χ4v) is 3.68. The number of rotatable bonds is 16. The number of ketones is 2. The number of aromatic nitrogens is 1. The normalized spacial score (nSPS) is 12.0. The minimum absolute atomic E-state index is 0.0120. The van der Waals surface area contributed by atoms with E-state index in [0.29, 0.717) is 18.8 Å². The number of nitrogens with one attached hydrogen (secondary N) is 1. The zero-order valence-electron chi connectivity index (χ0n) is 20.8. The smallest absolute Gasteiger partial charge is 0.330 e. The zero-order valence-corrected chi connectivity index (χ0v) is 20.8. The number of nitrogens with zero attached hydrogens (tertiary/aromatic N) is 1. The van der Waals surface area contributed by atoms with Crippen LogP contribution in [-0.4, -0.2) is 40.7 Å². The van der Waals surface area contributed by atoms with Gasteiger partial charge in [-0.15, -0.1) is 0 Å². The monoisotopic (exact) mass is 474 g/mol. The predicted octanol–water partition coefficient (Wildman–Crippen LogP) is 3.15. The fraction of sp³-hybridized carbons (Fsp3) is 0.577. The first-order valence-corrected chi connectivity index (χ1v) is 12.0. The Hall–Kier alpha value is -3.03. The molecule has 1 amide bonds. The number of Topliss-reactive ketones (excluding diaryl/α,β-unsaturated/α-hetero) is 2. The van der Waals surface area contributed by atoms with Crippen molar-refractivity contribution in [1.82, 2.24) is 9.88 Å². The SMILES string of the molecule is CCOC(=O)/C=C/CC[C@H](NC(C)=O)C(=O)Cc1cccn(CC(=O)CCC(CC)CC)c1=O. The fourth-order valence-electron chi connectivity index (χ4n) is 3.68. The summed E-state index contributed by atoms with van der Waals surface area (Å²) in [6.45, 7) is 7.49. The summed E-state index contributed by atoms with van der Waals surface area (Å²) < 4.78 is 6.15. The van der Waals surface area contributed by atoms with Crippen LogP contribution in [0.5, 0.6) is 0 Å². The number of pyridine rings is 1. The highest BCUT2D eigenvalue weighted by atomic mass is 16.5. The van der Waals surface area contributed by atoms with Crippen molar-refractivity contribution in [2.75, 3.05) is 6.61 Å². The van der Waals surface area contributed by atoms with Crippen molar-refractivity contribution < 1.29 is 23.9 Å². The summed E-state index contributed by atoms with van der Waals surface area (Å²) in [5.74, 6) is -0.649. The quantitative estimate of drug-likeness (QED) is 0.291. The van der Waals surface area contributed by atoms with E-state index >= 15 is 0 Å². The molecule has 0 spiro atoms. The first-order valence-electron chi connectivity index (χ1n) is 12.0. The first-order chi connectivity index (χ1) is 16.2. The Morgan fingerprint density at radius 2 is 1.82 bits per heavy atom. The van der Waals surface area contributed by atoms with Crippen LogP contribution in [0.3, 0.4) is 0 Å². The summed E-state index contributed by atoms with van der Waals surface area (Å²) >= 11 is 0. The number of hydrogen-bond acceptors (Lipinski definition) is 6. The van der Waals surface area contributed by atoms with E-state index in [0.717, 1.165) is 19.3 Å². The molecule has 1 heterocycles. The molecule has 8 nitrogen and oxygen atoms in total. The zero-order chi connectivity index (χ0) is 25.5. The highest BCUT2D eigenvalue weighted by Crippen LogP contribution is 2.15. The van der Waals surface area contributed by atoms with Gasteiger partial charge < -0.3 is 14.6 Å². The molecular formula is C26H38N2O6. The van der Waals surface area contributed by atoms with Crippen molar-refractivity contribution >= 4 is 23.4 Å². The van der Waals surface area contributed by atoms with Gasteiger partial charge in [0.05, 0.1) is 19.2 Å². The third-order valence-electron chi connectivity index (χ3n) is 5.73. The molecule has 0 fully saturated rings. The van der Waals surface area contributed by atoms with Gasteiger partial charge >= 0.3 is 5.97 Å². The van der Waals surface area contributed by atoms with Crippen LogP contribution < -0.4 is 10.9 Å². The molecule has 0 aliphatic carbocycles. The molecule has 0 radical (unpaired) electrons. The Kier molecular flexibility index (Phi) is 13.4. The Morgan fingerprint density at radius 1 is 1.12 bits per heavy atom. The third-order valence-corrected chi connectivity index (χ3v) is 5.73. The second-order valence-electron chi connectivity index (χ2n) is 8.35. The van der Waals surface area contributed by atoms with Gasteiger partial charge in [-0.3, -0.25) is 19.2 Å². The summed E-state index contributed by atoms with van der Waals surface area (Å²) in [6, 6.07) is 2.42. The van der Waals surface area contributed by atoms with E-state index in [4.69, 9.17) is 4.74 Å². The molecule has 0 aliphatic rings. The van der Waals surface area contributed by atoms with E-state index in [2.05, 4.69) is 19.2 Å². The van der Waals surface area contributed by atoms with Crippen LogP contribution in [0.15, 0.2) is 35.3 Å². The lowest BCUT2D eigenvalue weighted by Crippen LogP contribution is -2.41. The molecule has 1 aromatic rings. The van der Waals surface area contributed by atoms with Crippen molar-refractivity contribution in [1.29, 1.82) is 0 Å². The lowest BCUT2D eigenvalue weighted by atomic mass is 9.96. The molecule has 34 heavy (non-hydrogen) atoms. The van der Waals surface area contributed by atoms with E-state index in [1.807, 2.05) is 0 Å². The predicted molar refractivity (Wildman–Crippen MR) is 130 cm³/mol. The maximum absolute atomic E-state index is 12.9. The molecule has 0 bridgehead atoms. The number of ether oxygens (including phenoxy) is 1. The van der Waals surface area contributed by atoms with Crippen molar-refractivity contribution in [2.24, 2.45) is 5.92 Å².